The SMILES string of the molecule is CSc1ncc(Cl)c(C(=O)N(CCO)C2CCCC2)n1. The van der Waals surface area contributed by atoms with Crippen molar-refractivity contribution in [3.05, 3.63) is 16.9 Å². The van der Waals surface area contributed by atoms with Gasteiger partial charge in [-0.3, -0.25) is 4.79 Å². The zero-order chi connectivity index (χ0) is 14.5. The van der Waals surface area contributed by atoms with Gasteiger partial charge >= 0.3 is 0 Å². The van der Waals surface area contributed by atoms with Crippen molar-refractivity contribution < 1.29 is 9.90 Å². The molecule has 0 aliphatic heterocycles. The van der Waals surface area contributed by atoms with Crippen molar-refractivity contribution in [2.45, 2.75) is 36.9 Å². The molecule has 1 amide bonds. The van der Waals surface area contributed by atoms with Gasteiger partial charge in [-0.2, -0.15) is 0 Å². The number of carbonyl (C=O) groups excluding carboxylic acids is 1. The molecule has 0 saturated heterocycles. The Hall–Kier alpha value is -0.850. The summed E-state index contributed by atoms with van der Waals surface area (Å²) in [6.45, 7) is 0.263. The van der Waals surface area contributed by atoms with E-state index in [-0.39, 0.29) is 29.3 Å². The van der Waals surface area contributed by atoms with E-state index in [1.807, 2.05) is 6.26 Å². The predicted octanol–water partition coefficient (Wildman–Crippen LogP) is 2.23. The van der Waals surface area contributed by atoms with Crippen LogP contribution < -0.4 is 0 Å². The molecule has 0 spiro atoms. The summed E-state index contributed by atoms with van der Waals surface area (Å²) in [5.74, 6) is -0.214. The first-order valence-electron chi connectivity index (χ1n) is 6.65. The normalized spacial score (nSPS) is 15.6. The van der Waals surface area contributed by atoms with Gasteiger partial charge in [0.15, 0.2) is 10.9 Å². The highest BCUT2D eigenvalue weighted by Gasteiger charge is 2.29. The van der Waals surface area contributed by atoms with E-state index in [0.717, 1.165) is 25.7 Å². The monoisotopic (exact) mass is 315 g/mol. The summed E-state index contributed by atoms with van der Waals surface area (Å²) < 4.78 is 0. The molecule has 1 saturated carbocycles. The average molecular weight is 316 g/mol. The number of hydrogen-bond acceptors (Lipinski definition) is 5. The van der Waals surface area contributed by atoms with Crippen LogP contribution in [-0.4, -0.2) is 51.3 Å². The Balaban J connectivity index is 2.26. The largest absolute Gasteiger partial charge is 0.395 e. The molecule has 1 heterocycles. The standard InChI is InChI=1S/C13H18ClN3O2S/c1-20-13-15-8-10(14)11(16-13)12(19)17(6-7-18)9-4-2-3-5-9/h8-9,18H,2-7H2,1H3. The van der Waals surface area contributed by atoms with Crippen LogP contribution in [0.25, 0.3) is 0 Å². The van der Waals surface area contributed by atoms with Crippen molar-refractivity contribution in [2.75, 3.05) is 19.4 Å². The number of carbonyl (C=O) groups is 1. The summed E-state index contributed by atoms with van der Waals surface area (Å²) in [4.78, 5) is 22.6. The number of thioether (sulfide) groups is 1. The van der Waals surface area contributed by atoms with Crippen molar-refractivity contribution in [3.63, 3.8) is 0 Å². The van der Waals surface area contributed by atoms with E-state index in [0.29, 0.717) is 11.7 Å². The maximum Gasteiger partial charge on any atom is 0.274 e. The molecule has 0 aromatic carbocycles. The molecule has 0 atom stereocenters. The second kappa shape index (κ2) is 7.24. The maximum absolute atomic E-state index is 12.6. The smallest absolute Gasteiger partial charge is 0.274 e. The third-order valence-corrected chi connectivity index (χ3v) is 4.31. The van der Waals surface area contributed by atoms with Crippen LogP contribution in [0.2, 0.25) is 5.02 Å². The van der Waals surface area contributed by atoms with Gasteiger partial charge in [0.1, 0.15) is 0 Å². The Labute approximate surface area is 127 Å². The second-order valence-corrected chi connectivity index (χ2v) is 5.89. The lowest BCUT2D eigenvalue weighted by molar-refractivity contribution is 0.0631. The highest BCUT2D eigenvalue weighted by Crippen LogP contribution is 2.26. The minimum Gasteiger partial charge on any atom is -0.395 e. The lowest BCUT2D eigenvalue weighted by Gasteiger charge is -2.28. The molecule has 110 valence electrons. The molecule has 7 heteroatoms. The second-order valence-electron chi connectivity index (χ2n) is 4.71. The molecule has 2 rings (SSSR count). The maximum atomic E-state index is 12.6. The van der Waals surface area contributed by atoms with Crippen LogP contribution in [0.4, 0.5) is 0 Å². The van der Waals surface area contributed by atoms with Crippen LogP contribution in [0.1, 0.15) is 36.2 Å². The van der Waals surface area contributed by atoms with Crippen LogP contribution in [-0.2, 0) is 0 Å². The van der Waals surface area contributed by atoms with E-state index in [2.05, 4.69) is 9.97 Å². The van der Waals surface area contributed by atoms with Crippen LogP contribution in [0.15, 0.2) is 11.4 Å². The molecule has 1 fully saturated rings. The molecule has 5 nitrogen and oxygen atoms in total. The van der Waals surface area contributed by atoms with E-state index in [1.165, 1.54) is 18.0 Å². The minimum atomic E-state index is -0.214. The van der Waals surface area contributed by atoms with Crippen molar-refractivity contribution in [1.82, 2.24) is 14.9 Å². The molecular weight excluding hydrogens is 298 g/mol. The van der Waals surface area contributed by atoms with Crippen LogP contribution in [0.3, 0.4) is 0 Å². The van der Waals surface area contributed by atoms with Gasteiger partial charge in [-0.05, 0) is 19.1 Å². The Kier molecular flexibility index (Phi) is 5.63. The highest BCUT2D eigenvalue weighted by molar-refractivity contribution is 7.98. The van der Waals surface area contributed by atoms with Gasteiger partial charge in [0.25, 0.3) is 5.91 Å². The van der Waals surface area contributed by atoms with Crippen LogP contribution in [0, 0.1) is 0 Å². The quantitative estimate of drug-likeness (QED) is 0.666. The Morgan fingerprint density at radius 3 is 2.85 bits per heavy atom. The highest BCUT2D eigenvalue weighted by atomic mass is 35.5. The molecule has 1 aliphatic rings. The number of amides is 1. The number of hydrogen-bond donors (Lipinski definition) is 1. The van der Waals surface area contributed by atoms with Crippen LogP contribution >= 0.6 is 23.4 Å². The molecule has 0 unspecified atom stereocenters. The third-order valence-electron chi connectivity index (χ3n) is 3.47. The lowest BCUT2D eigenvalue weighted by Crippen LogP contribution is -2.41. The Bertz CT molecular complexity index is 481. The summed E-state index contributed by atoms with van der Waals surface area (Å²) in [5, 5.41) is 9.98. The molecule has 0 bridgehead atoms. The van der Waals surface area contributed by atoms with E-state index in [1.54, 1.807) is 4.90 Å². The van der Waals surface area contributed by atoms with Gasteiger partial charge in [0, 0.05) is 12.6 Å². The first-order valence-corrected chi connectivity index (χ1v) is 8.26. The van der Waals surface area contributed by atoms with Gasteiger partial charge in [-0.15, -0.1) is 0 Å². The zero-order valence-corrected chi connectivity index (χ0v) is 13.0. The van der Waals surface area contributed by atoms with Crippen LogP contribution in [0.5, 0.6) is 0 Å². The Morgan fingerprint density at radius 1 is 1.55 bits per heavy atom. The summed E-state index contributed by atoms with van der Waals surface area (Å²) in [5.41, 5.74) is 0.228. The summed E-state index contributed by atoms with van der Waals surface area (Å²) in [6, 6.07) is 0.179. The number of aromatic nitrogens is 2. The molecule has 1 aromatic heterocycles. The Morgan fingerprint density at radius 2 is 2.25 bits per heavy atom. The number of rotatable bonds is 5. The predicted molar refractivity (Wildman–Crippen MR) is 79.2 cm³/mol. The molecular formula is C13H18ClN3O2S. The van der Waals surface area contributed by atoms with Gasteiger partial charge < -0.3 is 10.0 Å². The van der Waals surface area contributed by atoms with Crippen molar-refractivity contribution in [3.8, 4) is 0 Å². The van der Waals surface area contributed by atoms with E-state index < -0.39 is 0 Å². The van der Waals surface area contributed by atoms with Crippen molar-refractivity contribution in [1.29, 1.82) is 0 Å². The molecule has 0 radical (unpaired) electrons. The fraction of sp³-hybridized carbons (Fsp3) is 0.615. The lowest BCUT2D eigenvalue weighted by atomic mass is 10.2. The van der Waals surface area contributed by atoms with E-state index in [9.17, 15) is 9.90 Å². The summed E-state index contributed by atoms with van der Waals surface area (Å²) in [7, 11) is 0. The zero-order valence-electron chi connectivity index (χ0n) is 11.4. The molecule has 1 N–H and O–H groups in total. The van der Waals surface area contributed by atoms with Crippen molar-refractivity contribution in [2.24, 2.45) is 0 Å². The molecule has 20 heavy (non-hydrogen) atoms. The summed E-state index contributed by atoms with van der Waals surface area (Å²) in [6.07, 6.45) is 7.49. The number of halogens is 1. The number of aliphatic hydroxyl groups is 1. The fourth-order valence-corrected chi connectivity index (χ4v) is 3.02. The minimum absolute atomic E-state index is 0.0552. The summed E-state index contributed by atoms with van der Waals surface area (Å²) >= 11 is 7.42. The first kappa shape index (κ1) is 15.5. The van der Waals surface area contributed by atoms with Gasteiger partial charge in [0.2, 0.25) is 0 Å². The average Bonchev–Trinajstić information content (AvgIpc) is 2.98. The molecule has 1 aliphatic carbocycles. The van der Waals surface area contributed by atoms with Gasteiger partial charge in [-0.25, -0.2) is 9.97 Å². The van der Waals surface area contributed by atoms with Gasteiger partial charge in [-0.1, -0.05) is 36.2 Å². The van der Waals surface area contributed by atoms with E-state index >= 15 is 0 Å². The molecule has 1 aromatic rings. The van der Waals surface area contributed by atoms with E-state index in [4.69, 9.17) is 11.6 Å². The van der Waals surface area contributed by atoms with Crippen molar-refractivity contribution >= 4 is 29.3 Å². The first-order chi connectivity index (χ1) is 9.67. The number of nitrogens with zero attached hydrogens (tertiary/aromatic N) is 3. The third kappa shape index (κ3) is 3.42. The van der Waals surface area contributed by atoms with Gasteiger partial charge in [0.05, 0.1) is 17.8 Å². The number of aliphatic hydroxyl groups excluding tert-OH is 1. The fourth-order valence-electron chi connectivity index (χ4n) is 2.51. The topological polar surface area (TPSA) is 66.3 Å².